The average Bonchev–Trinajstić information content (AvgIpc) is 2.10. The van der Waals surface area contributed by atoms with Crippen molar-refractivity contribution in [1.82, 2.24) is 4.90 Å². The third kappa shape index (κ3) is 1.41. The smallest absolute Gasteiger partial charge is 0.320 e. The number of alkyl halides is 1. The van der Waals surface area contributed by atoms with Gasteiger partial charge in [-0.05, 0) is 13.5 Å². The van der Waals surface area contributed by atoms with Crippen LogP contribution in [0.15, 0.2) is 0 Å². The largest absolute Gasteiger partial charge is 0.480 e. The zero-order valence-electron chi connectivity index (χ0n) is 5.75. The van der Waals surface area contributed by atoms with Gasteiger partial charge in [0.15, 0.2) is 0 Å². The van der Waals surface area contributed by atoms with Crippen LogP contribution < -0.4 is 0 Å². The topological polar surface area (TPSA) is 40.5 Å². The van der Waals surface area contributed by atoms with Gasteiger partial charge >= 0.3 is 5.97 Å². The minimum Gasteiger partial charge on any atom is -0.480 e. The minimum absolute atomic E-state index is 0.00565. The summed E-state index contributed by atoms with van der Waals surface area (Å²) in [5.41, 5.74) is 0. The molecule has 1 N–H and O–H groups in total. The first kappa shape index (κ1) is 7.82. The highest BCUT2D eigenvalue weighted by Gasteiger charge is 2.32. The summed E-state index contributed by atoms with van der Waals surface area (Å²) >= 11 is 5.74. The number of aliphatic carboxylic acids is 1. The van der Waals surface area contributed by atoms with Crippen molar-refractivity contribution in [2.24, 2.45) is 0 Å². The first-order chi connectivity index (χ1) is 4.61. The SMILES string of the molecule is CN1CC(Cl)CC1C(=O)O. The Bertz CT molecular complexity index is 151. The number of halogens is 1. The molecule has 4 heteroatoms. The molecule has 0 radical (unpaired) electrons. The molecule has 0 amide bonds. The Balaban J connectivity index is 2.54. The first-order valence-electron chi connectivity index (χ1n) is 3.18. The molecule has 1 aliphatic rings. The van der Waals surface area contributed by atoms with Crippen LogP contribution in [0.3, 0.4) is 0 Å². The van der Waals surface area contributed by atoms with Crippen molar-refractivity contribution in [3.8, 4) is 0 Å². The Labute approximate surface area is 64.6 Å². The molecular formula is C6H10ClNO2. The van der Waals surface area contributed by atoms with Crippen molar-refractivity contribution >= 4 is 17.6 Å². The number of rotatable bonds is 1. The summed E-state index contributed by atoms with van der Waals surface area (Å²) in [6.45, 7) is 0.679. The zero-order chi connectivity index (χ0) is 7.72. The van der Waals surface area contributed by atoms with Crippen molar-refractivity contribution in [3.63, 3.8) is 0 Å². The van der Waals surface area contributed by atoms with Gasteiger partial charge in [-0.15, -0.1) is 11.6 Å². The predicted molar refractivity (Wildman–Crippen MR) is 38.3 cm³/mol. The number of carboxylic acid groups (broad SMARTS) is 1. The van der Waals surface area contributed by atoms with Crippen molar-refractivity contribution in [2.45, 2.75) is 17.8 Å². The van der Waals surface area contributed by atoms with Gasteiger partial charge in [-0.3, -0.25) is 9.69 Å². The fraction of sp³-hybridized carbons (Fsp3) is 0.833. The predicted octanol–water partition coefficient (Wildman–Crippen LogP) is 0.383. The Morgan fingerprint density at radius 2 is 2.40 bits per heavy atom. The van der Waals surface area contributed by atoms with Gasteiger partial charge in [0.25, 0.3) is 0 Å². The Hall–Kier alpha value is -0.280. The summed E-state index contributed by atoms with van der Waals surface area (Å²) in [4.78, 5) is 12.2. The molecule has 0 aromatic heterocycles. The van der Waals surface area contributed by atoms with Gasteiger partial charge in [-0.25, -0.2) is 0 Å². The van der Waals surface area contributed by atoms with E-state index < -0.39 is 5.97 Å². The lowest BCUT2D eigenvalue weighted by Gasteiger charge is -2.12. The average molecular weight is 164 g/mol. The molecule has 0 aliphatic carbocycles. The molecule has 1 aliphatic heterocycles. The van der Waals surface area contributed by atoms with Crippen LogP contribution in [0.2, 0.25) is 0 Å². The lowest BCUT2D eigenvalue weighted by atomic mass is 10.2. The minimum atomic E-state index is -0.773. The normalized spacial score (nSPS) is 34.6. The van der Waals surface area contributed by atoms with E-state index >= 15 is 0 Å². The fourth-order valence-electron chi connectivity index (χ4n) is 1.23. The first-order valence-corrected chi connectivity index (χ1v) is 3.62. The van der Waals surface area contributed by atoms with Crippen LogP contribution in [0.1, 0.15) is 6.42 Å². The second-order valence-corrected chi connectivity index (χ2v) is 3.24. The highest BCUT2D eigenvalue weighted by Crippen LogP contribution is 2.19. The van der Waals surface area contributed by atoms with Crippen LogP contribution in [0.25, 0.3) is 0 Å². The van der Waals surface area contributed by atoms with Gasteiger partial charge < -0.3 is 5.11 Å². The lowest BCUT2D eigenvalue weighted by molar-refractivity contribution is -0.141. The molecule has 0 saturated carbocycles. The standard InChI is InChI=1S/C6H10ClNO2/c1-8-3-4(7)2-5(8)6(9)10/h4-5H,2-3H2,1H3,(H,9,10). The van der Waals surface area contributed by atoms with Crippen LogP contribution in [0.5, 0.6) is 0 Å². The second kappa shape index (κ2) is 2.76. The molecule has 10 heavy (non-hydrogen) atoms. The molecule has 1 saturated heterocycles. The second-order valence-electron chi connectivity index (χ2n) is 2.63. The van der Waals surface area contributed by atoms with Crippen LogP contribution in [-0.2, 0) is 4.79 Å². The molecule has 0 bridgehead atoms. The van der Waals surface area contributed by atoms with Gasteiger partial charge in [0.1, 0.15) is 6.04 Å². The highest BCUT2D eigenvalue weighted by molar-refractivity contribution is 6.21. The van der Waals surface area contributed by atoms with E-state index in [1.807, 2.05) is 0 Å². The van der Waals surface area contributed by atoms with E-state index in [0.717, 1.165) is 0 Å². The number of hydrogen-bond donors (Lipinski definition) is 1. The van der Waals surface area contributed by atoms with E-state index in [4.69, 9.17) is 16.7 Å². The van der Waals surface area contributed by atoms with E-state index in [-0.39, 0.29) is 11.4 Å². The molecule has 0 aromatic carbocycles. The molecule has 0 aromatic rings. The molecule has 58 valence electrons. The lowest BCUT2D eigenvalue weighted by Crippen LogP contribution is -2.32. The summed E-state index contributed by atoms with van der Waals surface area (Å²) in [6, 6.07) is -0.373. The summed E-state index contributed by atoms with van der Waals surface area (Å²) in [5, 5.41) is 8.61. The molecule has 2 atom stereocenters. The quantitative estimate of drug-likeness (QED) is 0.569. The molecule has 0 spiro atoms. The van der Waals surface area contributed by atoms with E-state index in [1.54, 1.807) is 11.9 Å². The van der Waals surface area contributed by atoms with Gasteiger partial charge in [0.05, 0.1) is 0 Å². The Morgan fingerprint density at radius 3 is 2.60 bits per heavy atom. The van der Waals surface area contributed by atoms with Crippen molar-refractivity contribution < 1.29 is 9.90 Å². The van der Waals surface area contributed by atoms with E-state index in [2.05, 4.69) is 0 Å². The van der Waals surface area contributed by atoms with Crippen LogP contribution in [-0.4, -0.2) is 41.0 Å². The monoisotopic (exact) mass is 163 g/mol. The van der Waals surface area contributed by atoms with E-state index in [9.17, 15) is 4.79 Å². The molecule has 2 unspecified atom stereocenters. The fourth-order valence-corrected chi connectivity index (χ4v) is 1.61. The Kier molecular flexibility index (Phi) is 2.16. The highest BCUT2D eigenvalue weighted by atomic mass is 35.5. The van der Waals surface area contributed by atoms with E-state index in [1.165, 1.54) is 0 Å². The van der Waals surface area contributed by atoms with Crippen molar-refractivity contribution in [3.05, 3.63) is 0 Å². The summed E-state index contributed by atoms with van der Waals surface area (Å²) in [5.74, 6) is -0.773. The maximum absolute atomic E-state index is 10.5. The van der Waals surface area contributed by atoms with Gasteiger partial charge in [-0.2, -0.15) is 0 Å². The number of likely N-dealkylation sites (N-methyl/N-ethyl adjacent to an activating group) is 1. The summed E-state index contributed by atoms with van der Waals surface area (Å²) in [6.07, 6.45) is 0.563. The van der Waals surface area contributed by atoms with Crippen molar-refractivity contribution in [1.29, 1.82) is 0 Å². The molecule has 3 nitrogen and oxygen atoms in total. The molecule has 1 heterocycles. The van der Waals surface area contributed by atoms with Gasteiger partial charge in [-0.1, -0.05) is 0 Å². The summed E-state index contributed by atoms with van der Waals surface area (Å²) in [7, 11) is 1.78. The Morgan fingerprint density at radius 1 is 1.80 bits per heavy atom. The maximum Gasteiger partial charge on any atom is 0.320 e. The van der Waals surface area contributed by atoms with Crippen molar-refractivity contribution in [2.75, 3.05) is 13.6 Å². The molecular weight excluding hydrogens is 154 g/mol. The number of carboxylic acids is 1. The third-order valence-corrected chi connectivity index (χ3v) is 2.10. The van der Waals surface area contributed by atoms with Crippen LogP contribution >= 0.6 is 11.6 Å². The van der Waals surface area contributed by atoms with Crippen LogP contribution in [0, 0.1) is 0 Å². The van der Waals surface area contributed by atoms with E-state index in [0.29, 0.717) is 13.0 Å². The van der Waals surface area contributed by atoms with Crippen LogP contribution in [0.4, 0.5) is 0 Å². The van der Waals surface area contributed by atoms with Gasteiger partial charge in [0, 0.05) is 11.9 Å². The number of hydrogen-bond acceptors (Lipinski definition) is 2. The summed E-state index contributed by atoms with van der Waals surface area (Å²) < 4.78 is 0. The number of carbonyl (C=O) groups is 1. The van der Waals surface area contributed by atoms with Gasteiger partial charge in [0.2, 0.25) is 0 Å². The number of nitrogens with zero attached hydrogens (tertiary/aromatic N) is 1. The zero-order valence-corrected chi connectivity index (χ0v) is 6.51. The third-order valence-electron chi connectivity index (χ3n) is 1.78. The number of likely N-dealkylation sites (tertiary alicyclic amines) is 1. The molecule has 1 rings (SSSR count). The maximum atomic E-state index is 10.5. The molecule has 1 fully saturated rings.